The molecule has 0 fully saturated rings. The van der Waals surface area contributed by atoms with Crippen molar-refractivity contribution in [3.63, 3.8) is 0 Å². The fraction of sp³-hybridized carbons (Fsp3) is 0.143. The Labute approximate surface area is 302 Å². The van der Waals surface area contributed by atoms with Crippen molar-refractivity contribution in [3.8, 4) is 45.3 Å². The Balaban J connectivity index is 1.05. The average molecular weight is 725 g/mol. The van der Waals surface area contributed by atoms with E-state index in [1.807, 2.05) is 146 Å². The fourth-order valence-corrected chi connectivity index (χ4v) is 14.0. The van der Waals surface area contributed by atoms with Crippen molar-refractivity contribution in [2.45, 2.75) is 11.6 Å². The van der Waals surface area contributed by atoms with Gasteiger partial charge in [-0.15, -0.1) is 0 Å². The van der Waals surface area contributed by atoms with Crippen LogP contribution in [0.25, 0.3) is 22.3 Å². The molecule has 8 nitrogen and oxygen atoms in total. The standard InChI is InChI=1S/C42H34N2O6P2/c45-51(39-23-11-5-15-31(39)29-13-1-9-21-37(29)49-51)41-33-17-3-7-19-35(33)47-27-43(41)25-26-44-28-48-36-20-8-4-18-34(36)42(44)52(46)40-24-12-6-16-32(40)30-14-2-10-22-38(30)50-52/h1-24,41-42H,25-28H2. The van der Waals surface area contributed by atoms with Crippen molar-refractivity contribution in [2.75, 3.05) is 26.6 Å². The Morgan fingerprint density at radius 1 is 0.442 bits per heavy atom. The molecule has 0 radical (unpaired) electrons. The normalized spacial score (nSPS) is 24.2. The minimum atomic E-state index is -3.64. The van der Waals surface area contributed by atoms with E-state index in [0.717, 1.165) is 33.4 Å². The molecular weight excluding hydrogens is 690 g/mol. The van der Waals surface area contributed by atoms with E-state index < -0.39 is 26.3 Å². The highest BCUT2D eigenvalue weighted by atomic mass is 31.2. The lowest BCUT2D eigenvalue weighted by Crippen LogP contribution is -2.46. The van der Waals surface area contributed by atoms with E-state index in [-0.39, 0.29) is 13.5 Å². The zero-order valence-corrected chi connectivity index (χ0v) is 29.9. The van der Waals surface area contributed by atoms with E-state index >= 15 is 9.13 Å². The van der Waals surface area contributed by atoms with Gasteiger partial charge in [0.2, 0.25) is 0 Å². The lowest BCUT2D eigenvalue weighted by atomic mass is 10.0. The number of para-hydroxylation sites is 4. The van der Waals surface area contributed by atoms with E-state index in [2.05, 4.69) is 9.80 Å². The van der Waals surface area contributed by atoms with Gasteiger partial charge in [0.05, 0.1) is 10.6 Å². The predicted octanol–water partition coefficient (Wildman–Crippen LogP) is 9.01. The largest absolute Gasteiger partial charge is 0.478 e. The molecule has 10 heteroatoms. The number of hydrogen-bond donors (Lipinski definition) is 0. The van der Waals surface area contributed by atoms with Crippen LogP contribution in [-0.2, 0) is 9.13 Å². The Morgan fingerprint density at radius 3 is 1.23 bits per heavy atom. The summed E-state index contributed by atoms with van der Waals surface area (Å²) in [5.74, 6) is 1.28. The maximum absolute atomic E-state index is 15.8. The molecule has 4 aliphatic rings. The first-order valence-corrected chi connectivity index (χ1v) is 20.8. The zero-order valence-electron chi connectivity index (χ0n) is 28.1. The van der Waals surface area contributed by atoms with Crippen molar-refractivity contribution in [3.05, 3.63) is 157 Å². The SMILES string of the molecule is O=P1(C2c3ccccc3OCN2CCN2COc3ccccc3C2P2(=O)Oc3ccccc3-c3ccccc32)Oc2ccccc2-c2ccccc21. The van der Waals surface area contributed by atoms with Crippen molar-refractivity contribution in [2.24, 2.45) is 0 Å². The number of ether oxygens (including phenoxy) is 2. The zero-order chi connectivity index (χ0) is 34.9. The van der Waals surface area contributed by atoms with E-state index in [1.54, 1.807) is 0 Å². The molecule has 4 aliphatic heterocycles. The lowest BCUT2D eigenvalue weighted by molar-refractivity contribution is 0.0413. The molecule has 4 atom stereocenters. The van der Waals surface area contributed by atoms with Gasteiger partial charge in [0.25, 0.3) is 14.7 Å². The minimum Gasteiger partial charge on any atom is -0.478 e. The molecule has 0 saturated carbocycles. The number of hydrogen-bond acceptors (Lipinski definition) is 8. The van der Waals surface area contributed by atoms with Crippen LogP contribution >= 0.6 is 14.7 Å². The molecule has 6 aromatic carbocycles. The Kier molecular flexibility index (Phi) is 7.45. The molecule has 4 unspecified atom stereocenters. The van der Waals surface area contributed by atoms with Gasteiger partial charge in [-0.2, -0.15) is 0 Å². The molecule has 258 valence electrons. The summed E-state index contributed by atoms with van der Waals surface area (Å²) in [4.78, 5) is 4.18. The second-order valence-electron chi connectivity index (χ2n) is 13.4. The fourth-order valence-electron chi connectivity index (χ4n) is 8.15. The lowest BCUT2D eigenvalue weighted by Gasteiger charge is -2.45. The number of nitrogens with zero attached hydrogens (tertiary/aromatic N) is 2. The van der Waals surface area contributed by atoms with Crippen LogP contribution in [0.1, 0.15) is 22.7 Å². The summed E-state index contributed by atoms with van der Waals surface area (Å²) in [5.41, 5.74) is 5.26. The second kappa shape index (κ2) is 12.3. The van der Waals surface area contributed by atoms with Gasteiger partial charge in [-0.3, -0.25) is 18.9 Å². The monoisotopic (exact) mass is 724 g/mol. The van der Waals surface area contributed by atoms with Gasteiger partial charge in [0, 0.05) is 35.3 Å². The first kappa shape index (κ1) is 31.6. The summed E-state index contributed by atoms with van der Waals surface area (Å²) in [5, 5.41) is 1.37. The molecule has 4 heterocycles. The summed E-state index contributed by atoms with van der Waals surface area (Å²) in [6.45, 7) is 1.21. The molecule has 0 bridgehead atoms. The quantitative estimate of drug-likeness (QED) is 0.163. The first-order chi connectivity index (χ1) is 25.5. The van der Waals surface area contributed by atoms with Crippen molar-refractivity contribution < 1.29 is 27.7 Å². The van der Waals surface area contributed by atoms with Crippen LogP contribution in [0, 0.1) is 0 Å². The van der Waals surface area contributed by atoms with Gasteiger partial charge in [0.15, 0.2) is 0 Å². The van der Waals surface area contributed by atoms with Gasteiger partial charge in [-0.1, -0.05) is 109 Å². The Hall–Kier alpha value is -5.10. The molecule has 0 spiro atoms. The Morgan fingerprint density at radius 2 is 0.788 bits per heavy atom. The van der Waals surface area contributed by atoms with Crippen LogP contribution in [0.3, 0.4) is 0 Å². The third-order valence-electron chi connectivity index (χ3n) is 10.5. The number of rotatable bonds is 5. The maximum atomic E-state index is 15.8. The summed E-state index contributed by atoms with van der Waals surface area (Å²) in [7, 11) is -7.28. The highest BCUT2D eigenvalue weighted by Crippen LogP contribution is 2.68. The van der Waals surface area contributed by atoms with Gasteiger partial charge >= 0.3 is 0 Å². The molecule has 0 aromatic heterocycles. The van der Waals surface area contributed by atoms with Crippen LogP contribution < -0.4 is 29.1 Å². The van der Waals surface area contributed by atoms with Crippen LogP contribution in [0.2, 0.25) is 0 Å². The summed E-state index contributed by atoms with van der Waals surface area (Å²) >= 11 is 0. The summed E-state index contributed by atoms with van der Waals surface area (Å²) in [6, 6.07) is 46.8. The van der Waals surface area contributed by atoms with Crippen LogP contribution in [-0.4, -0.2) is 36.4 Å². The molecule has 10 rings (SSSR count). The summed E-state index contributed by atoms with van der Waals surface area (Å²) < 4.78 is 57.5. The maximum Gasteiger partial charge on any atom is 0.299 e. The highest BCUT2D eigenvalue weighted by molar-refractivity contribution is 7.68. The van der Waals surface area contributed by atoms with Crippen molar-refractivity contribution in [1.29, 1.82) is 0 Å². The molecular formula is C42H34N2O6P2. The average Bonchev–Trinajstić information content (AvgIpc) is 3.19. The highest BCUT2D eigenvalue weighted by Gasteiger charge is 2.52. The van der Waals surface area contributed by atoms with E-state index in [0.29, 0.717) is 46.7 Å². The second-order valence-corrected chi connectivity index (χ2v) is 18.1. The van der Waals surface area contributed by atoms with Gasteiger partial charge in [-0.25, -0.2) is 0 Å². The molecule has 6 aromatic rings. The number of fused-ring (bicyclic) bond motifs is 8. The van der Waals surface area contributed by atoms with Gasteiger partial charge in [-0.05, 0) is 47.5 Å². The van der Waals surface area contributed by atoms with Gasteiger partial charge < -0.3 is 18.5 Å². The number of benzene rings is 6. The summed E-state index contributed by atoms with van der Waals surface area (Å²) in [6.07, 6.45) is 0. The predicted molar refractivity (Wildman–Crippen MR) is 202 cm³/mol. The molecule has 0 aliphatic carbocycles. The molecule has 0 N–H and O–H groups in total. The smallest absolute Gasteiger partial charge is 0.299 e. The van der Waals surface area contributed by atoms with Crippen molar-refractivity contribution in [1.82, 2.24) is 9.80 Å². The topological polar surface area (TPSA) is 77.5 Å². The first-order valence-electron chi connectivity index (χ1n) is 17.4. The van der Waals surface area contributed by atoms with E-state index in [1.165, 1.54) is 0 Å². The Bertz CT molecular complexity index is 2300. The molecule has 52 heavy (non-hydrogen) atoms. The molecule has 0 saturated heterocycles. The third-order valence-corrected chi connectivity index (χ3v) is 16.0. The van der Waals surface area contributed by atoms with E-state index in [4.69, 9.17) is 18.5 Å². The van der Waals surface area contributed by atoms with Crippen molar-refractivity contribution >= 4 is 25.3 Å². The molecule has 0 amide bonds. The van der Waals surface area contributed by atoms with Crippen LogP contribution in [0.15, 0.2) is 146 Å². The van der Waals surface area contributed by atoms with Gasteiger partial charge in [0.1, 0.15) is 48.0 Å². The van der Waals surface area contributed by atoms with Crippen LogP contribution in [0.4, 0.5) is 0 Å². The third kappa shape index (κ3) is 4.83. The van der Waals surface area contributed by atoms with E-state index in [9.17, 15) is 0 Å². The van der Waals surface area contributed by atoms with Crippen LogP contribution in [0.5, 0.6) is 23.0 Å². The minimum absolute atomic E-state index is 0.194.